The zero-order chi connectivity index (χ0) is 92.1. The van der Waals surface area contributed by atoms with Gasteiger partial charge in [0.2, 0.25) is 0 Å². The molecule has 127 heavy (non-hydrogen) atoms. The highest BCUT2D eigenvalue weighted by Gasteiger charge is 2.30. The maximum absolute atomic E-state index is 13.1. The highest BCUT2D eigenvalue weighted by atomic mass is 31.2. The second kappa shape index (κ2) is 99.7. The van der Waals surface area contributed by atoms with E-state index in [0.29, 0.717) is 19.3 Å². The van der Waals surface area contributed by atoms with Crippen molar-refractivity contribution in [2.24, 2.45) is 0 Å². The first-order chi connectivity index (χ1) is 62.2. The van der Waals surface area contributed by atoms with Crippen molar-refractivity contribution in [3.63, 3.8) is 0 Å². The third kappa shape index (κ3) is 101. The lowest BCUT2D eigenvalue weighted by molar-refractivity contribution is -0.161. The van der Waals surface area contributed by atoms with Crippen LogP contribution < -0.4 is 0 Å². The van der Waals surface area contributed by atoms with Gasteiger partial charge in [-0.2, -0.15) is 0 Å². The zero-order valence-corrected chi connectivity index (χ0v) is 82.4. The summed E-state index contributed by atoms with van der Waals surface area (Å²) in [5, 5.41) is 20.8. The number of rotatable bonds is 96. The fourth-order valence-corrected chi connectivity index (χ4v) is 15.5. The largest absolute Gasteiger partial charge is 0.472 e. The number of carbonyl (C=O) groups excluding carboxylic acids is 3. The summed E-state index contributed by atoms with van der Waals surface area (Å²) in [6.45, 7) is 2.46. The molecule has 0 aromatic rings. The number of hydrogen-bond acceptors (Lipinski definition) is 14. The maximum atomic E-state index is 13.1. The Balaban J connectivity index is 4.56. The van der Waals surface area contributed by atoms with E-state index in [2.05, 4.69) is 203 Å². The molecule has 0 saturated heterocycles. The molecule has 0 rings (SSSR count). The van der Waals surface area contributed by atoms with Gasteiger partial charge >= 0.3 is 33.6 Å². The van der Waals surface area contributed by atoms with Crippen molar-refractivity contribution >= 4 is 33.6 Å². The van der Waals surface area contributed by atoms with Crippen LogP contribution in [-0.2, 0) is 55.8 Å². The lowest BCUT2D eigenvalue weighted by Gasteiger charge is -2.21. The summed E-state index contributed by atoms with van der Waals surface area (Å²) in [4.78, 5) is 59.2. The molecule has 0 radical (unpaired) electrons. The van der Waals surface area contributed by atoms with Gasteiger partial charge in [-0.05, 0) is 161 Å². The van der Waals surface area contributed by atoms with Crippen LogP contribution in [0.5, 0.6) is 0 Å². The van der Waals surface area contributed by atoms with Gasteiger partial charge in [-0.25, -0.2) is 9.13 Å². The van der Waals surface area contributed by atoms with Crippen molar-refractivity contribution in [3.8, 4) is 0 Å². The minimum Gasteiger partial charge on any atom is -0.463 e. The van der Waals surface area contributed by atoms with Gasteiger partial charge in [0.15, 0.2) is 6.10 Å². The van der Waals surface area contributed by atoms with Gasteiger partial charge in [0.1, 0.15) is 25.4 Å². The van der Waals surface area contributed by atoms with Crippen LogP contribution in [0, 0.1) is 0 Å². The third-order valence-corrected chi connectivity index (χ3v) is 23.5. The Morgan fingerprint density at radius 1 is 0.228 bits per heavy atom. The third-order valence-electron chi connectivity index (χ3n) is 21.6. The Morgan fingerprint density at radius 3 is 0.661 bits per heavy atom. The smallest absolute Gasteiger partial charge is 0.463 e. The second-order valence-corrected chi connectivity index (χ2v) is 36.8. The number of esters is 3. The molecule has 0 heterocycles. The molecule has 0 aliphatic heterocycles. The van der Waals surface area contributed by atoms with Gasteiger partial charge in [0, 0.05) is 19.3 Å². The van der Waals surface area contributed by atoms with Gasteiger partial charge in [-0.3, -0.25) is 32.5 Å². The summed E-state index contributed by atoms with van der Waals surface area (Å²) in [6, 6.07) is 0. The molecule has 5 unspecified atom stereocenters. The van der Waals surface area contributed by atoms with Crippen LogP contribution >= 0.6 is 15.6 Å². The number of aliphatic hydroxyl groups is 2. The number of phosphoric acid groups is 2. The van der Waals surface area contributed by atoms with Gasteiger partial charge < -0.3 is 34.2 Å². The van der Waals surface area contributed by atoms with E-state index in [1.165, 1.54) is 218 Å². The Bertz CT molecular complexity index is 3040. The van der Waals surface area contributed by atoms with Gasteiger partial charge in [0.25, 0.3) is 0 Å². The number of hydrogen-bond donors (Lipinski definition) is 4. The predicted molar refractivity (Wildman–Crippen MR) is 537 cm³/mol. The minimum absolute atomic E-state index is 0.0713. The summed E-state index contributed by atoms with van der Waals surface area (Å²) >= 11 is 0. The average molecular weight is 1810 g/mol. The average Bonchev–Trinajstić information content (AvgIpc) is 0.897. The van der Waals surface area contributed by atoms with Crippen LogP contribution in [0.3, 0.4) is 0 Å². The van der Waals surface area contributed by atoms with Crippen LogP contribution in [0.25, 0.3) is 0 Å². The molecule has 0 aliphatic rings. The van der Waals surface area contributed by atoms with Crippen molar-refractivity contribution in [2.45, 2.75) is 450 Å². The molecule has 0 aromatic carbocycles. The molecular weight excluding hydrogens is 1630 g/mol. The molecule has 16 nitrogen and oxygen atoms in total. The molecule has 18 heteroatoms. The molecule has 0 fully saturated rings. The summed E-state index contributed by atoms with van der Waals surface area (Å²) in [5.41, 5.74) is 0. The molecule has 0 spiro atoms. The van der Waals surface area contributed by atoms with Gasteiger partial charge in [0.05, 0.1) is 26.4 Å². The number of phosphoric ester groups is 2. The molecule has 0 aromatic heterocycles. The minimum atomic E-state index is -4.96. The molecule has 0 aliphatic carbocycles. The van der Waals surface area contributed by atoms with Crippen LogP contribution in [-0.4, -0.2) is 95.9 Å². The van der Waals surface area contributed by atoms with E-state index < -0.39 is 91.5 Å². The monoisotopic (exact) mass is 1810 g/mol. The lowest BCUT2D eigenvalue weighted by atomic mass is 10.0. The highest BCUT2D eigenvalue weighted by Crippen LogP contribution is 2.45. The Hall–Kier alpha value is -5.35. The van der Waals surface area contributed by atoms with E-state index in [9.17, 15) is 43.5 Å². The topological polar surface area (TPSA) is 231 Å². The maximum Gasteiger partial charge on any atom is 0.472 e. The normalized spacial score (nSPS) is 14.4. The van der Waals surface area contributed by atoms with Crippen molar-refractivity contribution in [1.82, 2.24) is 0 Å². The summed E-state index contributed by atoms with van der Waals surface area (Å²) in [7, 11) is -9.83. The van der Waals surface area contributed by atoms with Crippen molar-refractivity contribution in [1.29, 1.82) is 0 Å². The number of carbonyl (C=O) groups is 3. The SMILES string of the molecule is CC/C=C\C/C=C\C/C=C\C/C=C\C/C=C\C/C=C\CCCCCCC(=O)OC(COC(=O)CCCCCCCCCCCCCCCCCCC/C=C\C/C=C\C/C=C\C/C=C\CCCCC)COP(=O)(O)OCC(O)COP(=O)(O)OCC(O)COC(=O)CCCCCCCCCCCCCCCCCCCCC/C=C\C/C=C\C/C=C\C/C=C\C/C=C\CC. The first-order valence-corrected chi connectivity index (χ1v) is 54.1. The molecule has 5 atom stereocenters. The summed E-state index contributed by atoms with van der Waals surface area (Å²) in [5.74, 6) is -1.59. The number of ether oxygens (including phenoxy) is 3. The first-order valence-electron chi connectivity index (χ1n) is 51.1. The van der Waals surface area contributed by atoms with E-state index in [4.69, 9.17) is 32.3 Å². The molecular formula is C109H186O16P2. The number of unbranched alkanes of at least 4 members (excludes halogenated alkanes) is 43. The molecule has 0 saturated carbocycles. The predicted octanol–water partition coefficient (Wildman–Crippen LogP) is 32.3. The summed E-state index contributed by atoms with van der Waals surface area (Å²) in [6.07, 6.45) is 132. The molecule has 0 bridgehead atoms. The van der Waals surface area contributed by atoms with E-state index in [-0.39, 0.29) is 19.3 Å². The molecule has 4 N–H and O–H groups in total. The Morgan fingerprint density at radius 2 is 0.417 bits per heavy atom. The number of allylic oxidation sites excluding steroid dienone is 30. The highest BCUT2D eigenvalue weighted by molar-refractivity contribution is 7.47. The van der Waals surface area contributed by atoms with Crippen LogP contribution in [0.4, 0.5) is 0 Å². The standard InChI is InChI=1S/C109H186O16P2/c1-4-7-10-13-16-19-22-25-28-31-34-37-40-42-44-46-48-50-51-53-55-56-58-60-63-65-68-71-74-77-80-83-86-89-92-95-107(112)119-98-104(110)99-121-126(115,116)122-100-105(111)101-123-127(117,118)124-103-106(125-109(114)97-94-91-88-85-82-79-76-73-70-67-62-39-36-33-30-27-24-21-18-15-12-9-6-3)102-120-108(113)96-93-90-87-84-81-78-75-72-69-66-64-61-59-57-54-52-49-47-45-43-41-38-35-32-29-26-23-20-17-14-11-8-5-2/h7,9-10,12,16-21,25-30,34-39,42-45,67,70,76,79,104-106,110-111H,4-6,8,11,13-15,22-24,31-33,40-41,46-66,68-69,71-75,77-78,80-103H2,1-3H3,(H,115,116)(H,117,118)/b10-7-,12-9-,19-16-,20-17-,21-18-,28-25-,29-26-,30-27-,37-34-,38-35-,39-36-,44-42-,45-43-,70-67-,79-76-. The van der Waals surface area contributed by atoms with Crippen LogP contribution in [0.2, 0.25) is 0 Å². The molecule has 0 amide bonds. The quantitative estimate of drug-likeness (QED) is 0.0146. The van der Waals surface area contributed by atoms with E-state index >= 15 is 0 Å². The lowest BCUT2D eigenvalue weighted by Crippen LogP contribution is -2.30. The van der Waals surface area contributed by atoms with Gasteiger partial charge in [-0.15, -0.1) is 0 Å². The van der Waals surface area contributed by atoms with Crippen LogP contribution in [0.15, 0.2) is 182 Å². The molecule has 728 valence electrons. The van der Waals surface area contributed by atoms with E-state index in [0.717, 1.165) is 154 Å². The van der Waals surface area contributed by atoms with Crippen molar-refractivity contribution in [3.05, 3.63) is 182 Å². The Labute approximate surface area is 776 Å². The second-order valence-electron chi connectivity index (χ2n) is 33.9. The summed E-state index contributed by atoms with van der Waals surface area (Å²) < 4.78 is 61.6. The number of aliphatic hydroxyl groups excluding tert-OH is 2. The fourth-order valence-electron chi connectivity index (χ4n) is 13.9. The fraction of sp³-hybridized carbons (Fsp3) is 0.697. The van der Waals surface area contributed by atoms with Crippen molar-refractivity contribution < 1.29 is 75.8 Å². The Kier molecular flexibility index (Phi) is 95.5. The van der Waals surface area contributed by atoms with E-state index in [1.807, 2.05) is 0 Å². The van der Waals surface area contributed by atoms with Crippen LogP contribution in [0.1, 0.15) is 432 Å². The van der Waals surface area contributed by atoms with Crippen molar-refractivity contribution in [2.75, 3.05) is 39.6 Å². The first kappa shape index (κ1) is 122. The zero-order valence-electron chi connectivity index (χ0n) is 80.6. The van der Waals surface area contributed by atoms with Gasteiger partial charge in [-0.1, -0.05) is 434 Å². The van der Waals surface area contributed by atoms with E-state index in [1.54, 1.807) is 0 Å².